The summed E-state index contributed by atoms with van der Waals surface area (Å²) in [6, 6.07) is 4.85. The van der Waals surface area contributed by atoms with Crippen molar-refractivity contribution in [2.24, 2.45) is 5.73 Å². The average Bonchev–Trinajstić information content (AvgIpc) is 2.31. The van der Waals surface area contributed by atoms with Crippen LogP contribution in [0, 0.1) is 6.92 Å². The lowest BCUT2D eigenvalue weighted by molar-refractivity contribution is -0.138. The SMILES string of the molecule is CCOc1ccc(N(C)CC(N)C(=O)O)cc1C. The summed E-state index contributed by atoms with van der Waals surface area (Å²) in [5.74, 6) is -0.151. The van der Waals surface area contributed by atoms with Crippen LogP contribution < -0.4 is 15.4 Å². The van der Waals surface area contributed by atoms with E-state index in [4.69, 9.17) is 15.6 Å². The van der Waals surface area contributed by atoms with E-state index in [1.165, 1.54) is 0 Å². The van der Waals surface area contributed by atoms with Gasteiger partial charge in [0.2, 0.25) is 0 Å². The molecule has 1 aromatic rings. The summed E-state index contributed by atoms with van der Waals surface area (Å²) in [6.07, 6.45) is 0. The number of carboxylic acids is 1. The molecule has 1 unspecified atom stereocenters. The van der Waals surface area contributed by atoms with E-state index in [-0.39, 0.29) is 6.54 Å². The minimum absolute atomic E-state index is 0.267. The van der Waals surface area contributed by atoms with Crippen molar-refractivity contribution in [1.29, 1.82) is 0 Å². The minimum atomic E-state index is -0.996. The summed E-state index contributed by atoms with van der Waals surface area (Å²) < 4.78 is 5.45. The van der Waals surface area contributed by atoms with Gasteiger partial charge in [0, 0.05) is 19.3 Å². The highest BCUT2D eigenvalue weighted by atomic mass is 16.5. The molecular formula is C13H20N2O3. The van der Waals surface area contributed by atoms with E-state index in [1.807, 2.05) is 44.0 Å². The second kappa shape index (κ2) is 6.26. The van der Waals surface area contributed by atoms with Gasteiger partial charge in [0.1, 0.15) is 11.8 Å². The Kier molecular flexibility index (Phi) is 4.97. The first-order chi connectivity index (χ1) is 8.45. The van der Waals surface area contributed by atoms with Crippen molar-refractivity contribution in [3.63, 3.8) is 0 Å². The molecular weight excluding hydrogens is 232 g/mol. The zero-order valence-electron chi connectivity index (χ0n) is 11.0. The Labute approximate surface area is 107 Å². The number of carboxylic acid groups (broad SMARTS) is 1. The first kappa shape index (κ1) is 14.3. The van der Waals surface area contributed by atoms with E-state index in [2.05, 4.69) is 0 Å². The van der Waals surface area contributed by atoms with Crippen molar-refractivity contribution >= 4 is 11.7 Å². The van der Waals surface area contributed by atoms with E-state index >= 15 is 0 Å². The van der Waals surface area contributed by atoms with Gasteiger partial charge < -0.3 is 20.5 Å². The molecule has 0 fully saturated rings. The molecule has 5 nitrogen and oxygen atoms in total. The average molecular weight is 252 g/mol. The smallest absolute Gasteiger partial charge is 0.322 e. The molecule has 1 rings (SSSR count). The highest BCUT2D eigenvalue weighted by Gasteiger charge is 2.14. The standard InChI is InChI=1S/C13H20N2O3/c1-4-18-12-6-5-10(7-9(12)2)15(3)8-11(14)13(16)17/h5-7,11H,4,8,14H2,1-3H3,(H,16,17). The minimum Gasteiger partial charge on any atom is -0.494 e. The molecule has 0 aliphatic heterocycles. The van der Waals surface area contributed by atoms with Crippen LogP contribution in [0.15, 0.2) is 18.2 Å². The van der Waals surface area contributed by atoms with E-state index in [1.54, 1.807) is 0 Å². The Bertz CT molecular complexity index is 421. The van der Waals surface area contributed by atoms with Crippen LogP contribution in [0.25, 0.3) is 0 Å². The molecule has 0 spiro atoms. The molecule has 0 aromatic heterocycles. The summed E-state index contributed by atoms with van der Waals surface area (Å²) in [4.78, 5) is 12.5. The lowest BCUT2D eigenvalue weighted by atomic mass is 10.1. The van der Waals surface area contributed by atoms with Gasteiger partial charge in [0.25, 0.3) is 0 Å². The normalized spacial score (nSPS) is 12.0. The number of aryl methyl sites for hydroxylation is 1. The fraction of sp³-hybridized carbons (Fsp3) is 0.462. The van der Waals surface area contributed by atoms with Gasteiger partial charge in [-0.15, -0.1) is 0 Å². The van der Waals surface area contributed by atoms with E-state index in [0.29, 0.717) is 6.61 Å². The Morgan fingerprint density at radius 2 is 2.22 bits per heavy atom. The van der Waals surface area contributed by atoms with Crippen molar-refractivity contribution in [2.45, 2.75) is 19.9 Å². The van der Waals surface area contributed by atoms with Gasteiger partial charge in [-0.3, -0.25) is 4.79 Å². The highest BCUT2D eigenvalue weighted by Crippen LogP contribution is 2.23. The van der Waals surface area contributed by atoms with Crippen molar-refractivity contribution in [2.75, 3.05) is 25.1 Å². The summed E-state index contributed by atoms with van der Waals surface area (Å²) in [5.41, 5.74) is 7.45. The topological polar surface area (TPSA) is 75.8 Å². The molecule has 3 N–H and O–H groups in total. The van der Waals surface area contributed by atoms with Gasteiger partial charge in [0.05, 0.1) is 6.61 Å². The van der Waals surface area contributed by atoms with Crippen LogP contribution in [0.3, 0.4) is 0 Å². The Morgan fingerprint density at radius 1 is 1.56 bits per heavy atom. The predicted molar refractivity (Wildman–Crippen MR) is 71.2 cm³/mol. The number of hydrogen-bond donors (Lipinski definition) is 2. The van der Waals surface area contributed by atoms with Crippen LogP contribution in [0.5, 0.6) is 5.75 Å². The molecule has 0 bridgehead atoms. The third kappa shape index (κ3) is 3.63. The maximum Gasteiger partial charge on any atom is 0.322 e. The van der Waals surface area contributed by atoms with Crippen LogP contribution in [0.4, 0.5) is 5.69 Å². The van der Waals surface area contributed by atoms with Crippen LogP contribution >= 0.6 is 0 Å². The molecule has 5 heteroatoms. The summed E-state index contributed by atoms with van der Waals surface area (Å²) in [6.45, 7) is 4.79. The van der Waals surface area contributed by atoms with Gasteiger partial charge in [-0.2, -0.15) is 0 Å². The van der Waals surface area contributed by atoms with Crippen molar-refractivity contribution < 1.29 is 14.6 Å². The first-order valence-electron chi connectivity index (χ1n) is 5.88. The molecule has 0 saturated heterocycles. The lowest BCUT2D eigenvalue weighted by Crippen LogP contribution is -2.41. The van der Waals surface area contributed by atoms with Gasteiger partial charge in [-0.1, -0.05) is 0 Å². The maximum atomic E-state index is 10.7. The first-order valence-corrected chi connectivity index (χ1v) is 5.88. The van der Waals surface area contributed by atoms with Crippen molar-refractivity contribution in [3.05, 3.63) is 23.8 Å². The molecule has 0 aliphatic rings. The van der Waals surface area contributed by atoms with Crippen molar-refractivity contribution in [3.8, 4) is 5.75 Å². The molecule has 0 heterocycles. The lowest BCUT2D eigenvalue weighted by Gasteiger charge is -2.22. The monoisotopic (exact) mass is 252 g/mol. The number of likely N-dealkylation sites (N-methyl/N-ethyl adjacent to an activating group) is 1. The molecule has 0 amide bonds. The number of ether oxygens (including phenoxy) is 1. The Balaban J connectivity index is 2.77. The highest BCUT2D eigenvalue weighted by molar-refractivity contribution is 5.74. The fourth-order valence-corrected chi connectivity index (χ4v) is 1.67. The summed E-state index contributed by atoms with van der Waals surface area (Å²) in [7, 11) is 1.82. The summed E-state index contributed by atoms with van der Waals surface area (Å²) in [5, 5.41) is 8.77. The van der Waals surface area contributed by atoms with Crippen LogP contribution in [0.1, 0.15) is 12.5 Å². The van der Waals surface area contributed by atoms with E-state index in [0.717, 1.165) is 17.0 Å². The van der Waals surface area contributed by atoms with Gasteiger partial charge in [0.15, 0.2) is 0 Å². The van der Waals surface area contributed by atoms with Crippen LogP contribution in [0.2, 0.25) is 0 Å². The molecule has 100 valence electrons. The molecule has 18 heavy (non-hydrogen) atoms. The van der Waals surface area contributed by atoms with E-state index in [9.17, 15) is 4.79 Å². The second-order valence-electron chi connectivity index (χ2n) is 4.21. The maximum absolute atomic E-state index is 10.7. The zero-order chi connectivity index (χ0) is 13.7. The third-order valence-electron chi connectivity index (χ3n) is 2.69. The van der Waals surface area contributed by atoms with Crippen molar-refractivity contribution in [1.82, 2.24) is 0 Å². The molecule has 1 aromatic carbocycles. The molecule has 0 radical (unpaired) electrons. The van der Waals surface area contributed by atoms with Gasteiger partial charge in [-0.25, -0.2) is 0 Å². The number of anilines is 1. The largest absolute Gasteiger partial charge is 0.494 e. The number of rotatable bonds is 6. The number of hydrogen-bond acceptors (Lipinski definition) is 4. The van der Waals surface area contributed by atoms with Crippen LogP contribution in [-0.2, 0) is 4.79 Å². The number of nitrogens with zero attached hydrogens (tertiary/aromatic N) is 1. The van der Waals surface area contributed by atoms with Gasteiger partial charge in [-0.05, 0) is 37.6 Å². The number of carbonyl (C=O) groups is 1. The Hall–Kier alpha value is -1.75. The summed E-state index contributed by atoms with van der Waals surface area (Å²) >= 11 is 0. The van der Waals surface area contributed by atoms with E-state index < -0.39 is 12.0 Å². The predicted octanol–water partition coefficient (Wildman–Crippen LogP) is 1.24. The van der Waals surface area contributed by atoms with Crippen LogP contribution in [-0.4, -0.2) is 37.3 Å². The fourth-order valence-electron chi connectivity index (χ4n) is 1.67. The Morgan fingerprint density at radius 3 is 2.72 bits per heavy atom. The number of aliphatic carboxylic acids is 1. The number of benzene rings is 1. The second-order valence-corrected chi connectivity index (χ2v) is 4.21. The molecule has 0 saturated carbocycles. The quantitative estimate of drug-likeness (QED) is 0.796. The zero-order valence-corrected chi connectivity index (χ0v) is 11.0. The number of nitrogens with two attached hydrogens (primary N) is 1. The molecule has 1 atom stereocenters. The molecule has 0 aliphatic carbocycles. The third-order valence-corrected chi connectivity index (χ3v) is 2.69. The van der Waals surface area contributed by atoms with Gasteiger partial charge >= 0.3 is 5.97 Å².